The third-order valence-electron chi connectivity index (χ3n) is 2.86. The van der Waals surface area contributed by atoms with Gasteiger partial charge in [0.15, 0.2) is 0 Å². The van der Waals surface area contributed by atoms with Gasteiger partial charge in [-0.25, -0.2) is 9.97 Å². The number of ether oxygens (including phenoxy) is 1. The average Bonchev–Trinajstić information content (AvgIpc) is 2.53. The van der Waals surface area contributed by atoms with E-state index >= 15 is 0 Å². The van der Waals surface area contributed by atoms with Gasteiger partial charge in [-0.05, 0) is 24.6 Å². The van der Waals surface area contributed by atoms with Crippen molar-refractivity contribution in [2.45, 2.75) is 13.3 Å². The number of methoxy groups -OCH3 is 1. The molecule has 22 heavy (non-hydrogen) atoms. The van der Waals surface area contributed by atoms with E-state index in [9.17, 15) is 4.79 Å². The molecule has 0 bridgehead atoms. The second kappa shape index (κ2) is 7.61. The van der Waals surface area contributed by atoms with E-state index in [1.807, 2.05) is 6.92 Å². The topological polar surface area (TPSA) is 76.1 Å². The van der Waals surface area contributed by atoms with Gasteiger partial charge in [0.2, 0.25) is 5.95 Å². The van der Waals surface area contributed by atoms with Crippen molar-refractivity contribution < 1.29 is 9.53 Å². The molecule has 0 saturated heterocycles. The second-order valence-electron chi connectivity index (χ2n) is 4.52. The van der Waals surface area contributed by atoms with Gasteiger partial charge in [0.25, 0.3) is 5.91 Å². The van der Waals surface area contributed by atoms with Crippen molar-refractivity contribution in [2.24, 2.45) is 0 Å². The van der Waals surface area contributed by atoms with E-state index in [-0.39, 0.29) is 5.91 Å². The highest BCUT2D eigenvalue weighted by Gasteiger charge is 2.11. The summed E-state index contributed by atoms with van der Waals surface area (Å²) in [4.78, 5) is 20.4. The van der Waals surface area contributed by atoms with Gasteiger partial charge in [0.05, 0.1) is 18.4 Å². The molecule has 0 unspecified atom stereocenters. The molecule has 0 atom stereocenters. The van der Waals surface area contributed by atoms with E-state index in [4.69, 9.17) is 16.3 Å². The minimum Gasteiger partial charge on any atom is -0.495 e. The lowest BCUT2D eigenvalue weighted by Gasteiger charge is -2.10. The van der Waals surface area contributed by atoms with Crippen LogP contribution in [-0.2, 0) is 0 Å². The highest BCUT2D eigenvalue weighted by atomic mass is 35.5. The van der Waals surface area contributed by atoms with Gasteiger partial charge in [-0.3, -0.25) is 4.79 Å². The number of hydrogen-bond donors (Lipinski definition) is 2. The van der Waals surface area contributed by atoms with Crippen LogP contribution in [0.4, 0.5) is 11.6 Å². The summed E-state index contributed by atoms with van der Waals surface area (Å²) >= 11 is 5.93. The van der Waals surface area contributed by atoms with E-state index in [2.05, 4.69) is 20.6 Å². The Bertz CT molecular complexity index is 646. The smallest absolute Gasteiger partial charge is 0.258 e. The van der Waals surface area contributed by atoms with E-state index in [0.29, 0.717) is 28.0 Å². The van der Waals surface area contributed by atoms with Gasteiger partial charge in [-0.2, -0.15) is 0 Å². The maximum Gasteiger partial charge on any atom is 0.258 e. The first kappa shape index (κ1) is 16.0. The Kier molecular flexibility index (Phi) is 5.55. The fourth-order valence-electron chi connectivity index (χ4n) is 1.75. The van der Waals surface area contributed by atoms with E-state index in [0.717, 1.165) is 13.0 Å². The predicted molar refractivity (Wildman–Crippen MR) is 86.8 cm³/mol. The second-order valence-corrected chi connectivity index (χ2v) is 4.96. The van der Waals surface area contributed by atoms with Crippen molar-refractivity contribution in [3.8, 4) is 5.75 Å². The summed E-state index contributed by atoms with van der Waals surface area (Å²) in [5, 5.41) is 6.28. The zero-order valence-electron chi connectivity index (χ0n) is 12.4. The summed E-state index contributed by atoms with van der Waals surface area (Å²) < 4.78 is 5.19. The average molecular weight is 321 g/mol. The minimum absolute atomic E-state index is 0.331. The number of halogens is 1. The summed E-state index contributed by atoms with van der Waals surface area (Å²) in [6, 6.07) is 5.00. The maximum absolute atomic E-state index is 12.2. The summed E-state index contributed by atoms with van der Waals surface area (Å²) in [6.07, 6.45) is 3.91. The van der Waals surface area contributed by atoms with Crippen molar-refractivity contribution in [1.29, 1.82) is 0 Å². The van der Waals surface area contributed by atoms with Crippen LogP contribution < -0.4 is 15.4 Å². The lowest BCUT2D eigenvalue weighted by molar-refractivity contribution is 0.102. The molecular weight excluding hydrogens is 304 g/mol. The van der Waals surface area contributed by atoms with E-state index in [1.165, 1.54) is 19.5 Å². The lowest BCUT2D eigenvalue weighted by atomic mass is 10.2. The number of nitrogens with one attached hydrogen (secondary N) is 2. The highest BCUT2D eigenvalue weighted by molar-refractivity contribution is 6.31. The van der Waals surface area contributed by atoms with Crippen molar-refractivity contribution in [3.63, 3.8) is 0 Å². The molecule has 0 aliphatic rings. The molecule has 0 aliphatic carbocycles. The number of carbonyl (C=O) groups excluding carboxylic acids is 1. The summed E-state index contributed by atoms with van der Waals surface area (Å²) in [6.45, 7) is 2.83. The monoisotopic (exact) mass is 320 g/mol. The van der Waals surface area contributed by atoms with Crippen LogP contribution in [0.1, 0.15) is 23.7 Å². The zero-order valence-corrected chi connectivity index (χ0v) is 13.1. The van der Waals surface area contributed by atoms with Crippen LogP contribution in [0.3, 0.4) is 0 Å². The number of benzene rings is 1. The SMILES string of the molecule is CCCNc1ncc(C(=O)Nc2cc(Cl)ccc2OC)cn1. The Hall–Kier alpha value is -2.34. The molecule has 1 aromatic heterocycles. The predicted octanol–water partition coefficient (Wildman–Crippen LogP) is 3.21. The number of amides is 1. The number of aromatic nitrogens is 2. The molecule has 0 radical (unpaired) electrons. The summed E-state index contributed by atoms with van der Waals surface area (Å²) in [7, 11) is 1.52. The molecular formula is C15H17ClN4O2. The molecule has 2 aromatic rings. The third-order valence-corrected chi connectivity index (χ3v) is 3.09. The van der Waals surface area contributed by atoms with Crippen LogP contribution in [-0.4, -0.2) is 29.5 Å². The number of nitrogens with zero attached hydrogens (tertiary/aromatic N) is 2. The van der Waals surface area contributed by atoms with Crippen molar-refractivity contribution in [2.75, 3.05) is 24.3 Å². The Labute approximate surface area is 133 Å². The molecule has 0 spiro atoms. The fourth-order valence-corrected chi connectivity index (χ4v) is 1.92. The van der Waals surface area contributed by atoms with Gasteiger partial charge in [0.1, 0.15) is 5.75 Å². The van der Waals surface area contributed by atoms with E-state index in [1.54, 1.807) is 18.2 Å². The Morgan fingerprint density at radius 3 is 2.68 bits per heavy atom. The molecule has 2 rings (SSSR count). The molecule has 0 fully saturated rings. The maximum atomic E-state index is 12.2. The first-order chi connectivity index (χ1) is 10.6. The van der Waals surface area contributed by atoms with Crippen molar-refractivity contribution >= 4 is 29.1 Å². The van der Waals surface area contributed by atoms with Crippen LogP contribution >= 0.6 is 11.6 Å². The molecule has 6 nitrogen and oxygen atoms in total. The highest BCUT2D eigenvalue weighted by Crippen LogP contribution is 2.28. The number of rotatable bonds is 6. The van der Waals surface area contributed by atoms with Crippen LogP contribution in [0.2, 0.25) is 5.02 Å². The molecule has 1 aromatic carbocycles. The standard InChI is InChI=1S/C15H17ClN4O2/c1-3-6-17-15-18-8-10(9-19-15)14(21)20-12-7-11(16)4-5-13(12)22-2/h4-5,7-9H,3,6H2,1-2H3,(H,20,21)(H,17,18,19). The minimum atomic E-state index is -0.331. The largest absolute Gasteiger partial charge is 0.495 e. The summed E-state index contributed by atoms with van der Waals surface area (Å²) in [5.74, 6) is 0.696. The molecule has 0 aliphatic heterocycles. The van der Waals surface area contributed by atoms with Gasteiger partial charge in [0, 0.05) is 24.0 Å². The number of carbonyl (C=O) groups is 1. The molecule has 7 heteroatoms. The molecule has 1 amide bonds. The van der Waals surface area contributed by atoms with Crippen LogP contribution in [0.15, 0.2) is 30.6 Å². The summed E-state index contributed by atoms with van der Waals surface area (Å²) in [5.41, 5.74) is 0.845. The normalized spacial score (nSPS) is 10.1. The first-order valence-corrected chi connectivity index (χ1v) is 7.22. The Morgan fingerprint density at radius 2 is 2.05 bits per heavy atom. The Morgan fingerprint density at radius 1 is 1.32 bits per heavy atom. The van der Waals surface area contributed by atoms with Crippen LogP contribution in [0, 0.1) is 0 Å². The van der Waals surface area contributed by atoms with Crippen molar-refractivity contribution in [1.82, 2.24) is 9.97 Å². The fraction of sp³-hybridized carbons (Fsp3) is 0.267. The van der Waals surface area contributed by atoms with E-state index < -0.39 is 0 Å². The first-order valence-electron chi connectivity index (χ1n) is 6.85. The number of anilines is 2. The van der Waals surface area contributed by atoms with Gasteiger partial charge in [-0.15, -0.1) is 0 Å². The van der Waals surface area contributed by atoms with Crippen LogP contribution in [0.25, 0.3) is 0 Å². The third kappa shape index (κ3) is 4.08. The Balaban J connectivity index is 2.10. The molecule has 0 saturated carbocycles. The van der Waals surface area contributed by atoms with Gasteiger partial charge in [-0.1, -0.05) is 18.5 Å². The molecule has 116 valence electrons. The molecule has 1 heterocycles. The van der Waals surface area contributed by atoms with Crippen LogP contribution in [0.5, 0.6) is 5.75 Å². The zero-order chi connectivity index (χ0) is 15.9. The quantitative estimate of drug-likeness (QED) is 0.854. The lowest BCUT2D eigenvalue weighted by Crippen LogP contribution is -2.14. The van der Waals surface area contributed by atoms with Gasteiger partial charge >= 0.3 is 0 Å². The van der Waals surface area contributed by atoms with Crippen molar-refractivity contribution in [3.05, 3.63) is 41.2 Å². The molecule has 2 N–H and O–H groups in total. The number of hydrogen-bond acceptors (Lipinski definition) is 5. The van der Waals surface area contributed by atoms with Gasteiger partial charge < -0.3 is 15.4 Å².